The average molecular weight is 415 g/mol. The first-order chi connectivity index (χ1) is 10.2. The molecule has 1 aromatic rings. The zero-order chi connectivity index (χ0) is 15.1. The molecule has 0 aromatic heterocycles. The van der Waals surface area contributed by atoms with E-state index in [-0.39, 0.29) is 30.1 Å². The summed E-state index contributed by atoms with van der Waals surface area (Å²) in [6, 6.07) is 8.63. The molecule has 2 rings (SSSR count). The maximum atomic E-state index is 5.71. The van der Waals surface area contributed by atoms with Gasteiger partial charge in [-0.2, -0.15) is 0 Å². The molecular weight excluding hydrogens is 389 g/mol. The Kier molecular flexibility index (Phi) is 8.30. The van der Waals surface area contributed by atoms with Crippen LogP contribution in [0.25, 0.3) is 0 Å². The van der Waals surface area contributed by atoms with E-state index in [0.29, 0.717) is 6.04 Å². The van der Waals surface area contributed by atoms with Gasteiger partial charge in [-0.15, -0.1) is 24.0 Å². The number of hydrogen-bond donors (Lipinski definition) is 2. The number of guanidine groups is 1. The summed E-state index contributed by atoms with van der Waals surface area (Å²) in [6.45, 7) is 4.80. The molecule has 122 valence electrons. The molecule has 0 heterocycles. The van der Waals surface area contributed by atoms with Crippen LogP contribution in [0, 0.1) is 0 Å². The van der Waals surface area contributed by atoms with E-state index in [9.17, 15) is 0 Å². The summed E-state index contributed by atoms with van der Waals surface area (Å²) in [5.41, 5.74) is 1.18. The first-order valence-corrected chi connectivity index (χ1v) is 7.55. The largest absolute Gasteiger partial charge is 0.491 e. The smallest absolute Gasteiger partial charge is 0.191 e. The van der Waals surface area contributed by atoms with Crippen molar-refractivity contribution in [2.75, 3.05) is 7.05 Å². The van der Waals surface area contributed by atoms with Crippen molar-refractivity contribution in [3.8, 4) is 5.75 Å². The molecule has 0 atom stereocenters. The fraction of sp³-hybridized carbons (Fsp3) is 0.471. The van der Waals surface area contributed by atoms with Gasteiger partial charge < -0.3 is 15.4 Å². The van der Waals surface area contributed by atoms with Crippen molar-refractivity contribution in [3.63, 3.8) is 0 Å². The van der Waals surface area contributed by atoms with Crippen molar-refractivity contribution in [1.29, 1.82) is 0 Å². The predicted molar refractivity (Wildman–Crippen MR) is 103 cm³/mol. The summed E-state index contributed by atoms with van der Waals surface area (Å²) in [6.07, 6.45) is 6.74. The monoisotopic (exact) mass is 415 g/mol. The Morgan fingerprint density at radius 1 is 1.32 bits per heavy atom. The van der Waals surface area contributed by atoms with E-state index < -0.39 is 0 Å². The number of halogens is 1. The second kappa shape index (κ2) is 9.71. The minimum absolute atomic E-state index is 0. The Labute approximate surface area is 150 Å². The second-order valence-corrected chi connectivity index (χ2v) is 5.52. The Hall–Kier alpha value is -1.24. The number of rotatable bonds is 5. The molecule has 1 aliphatic rings. The molecule has 1 aliphatic carbocycles. The van der Waals surface area contributed by atoms with E-state index in [1.54, 1.807) is 7.05 Å². The summed E-state index contributed by atoms with van der Waals surface area (Å²) in [5, 5.41) is 6.78. The lowest BCUT2D eigenvalue weighted by atomic mass is 10.2. The molecular formula is C17H26IN3O. The van der Waals surface area contributed by atoms with Crippen LogP contribution >= 0.6 is 24.0 Å². The minimum atomic E-state index is 0. The Bertz CT molecular complexity index is 506. The number of nitrogens with one attached hydrogen (secondary N) is 2. The molecule has 0 fully saturated rings. The number of aliphatic imine (C=N–C) groups is 1. The van der Waals surface area contributed by atoms with Crippen molar-refractivity contribution < 1.29 is 4.74 Å². The maximum Gasteiger partial charge on any atom is 0.191 e. The van der Waals surface area contributed by atoms with Crippen molar-refractivity contribution in [3.05, 3.63) is 42.0 Å². The van der Waals surface area contributed by atoms with E-state index in [2.05, 4.69) is 39.9 Å². The van der Waals surface area contributed by atoms with Crippen molar-refractivity contribution >= 4 is 29.9 Å². The van der Waals surface area contributed by atoms with Crippen LogP contribution in [-0.4, -0.2) is 25.2 Å². The Morgan fingerprint density at radius 2 is 2.05 bits per heavy atom. The van der Waals surface area contributed by atoms with Crippen LogP contribution < -0.4 is 15.4 Å². The molecule has 0 bridgehead atoms. The molecule has 1 aromatic carbocycles. The molecule has 4 nitrogen and oxygen atoms in total. The third-order valence-corrected chi connectivity index (χ3v) is 3.30. The van der Waals surface area contributed by atoms with Gasteiger partial charge in [0.05, 0.1) is 6.10 Å². The zero-order valence-corrected chi connectivity index (χ0v) is 15.8. The van der Waals surface area contributed by atoms with Crippen molar-refractivity contribution in [2.24, 2.45) is 4.99 Å². The zero-order valence-electron chi connectivity index (χ0n) is 13.5. The van der Waals surface area contributed by atoms with E-state index >= 15 is 0 Å². The quantitative estimate of drug-likeness (QED) is 0.335. The van der Waals surface area contributed by atoms with Gasteiger partial charge in [0, 0.05) is 19.6 Å². The normalized spacial score (nSPS) is 14.8. The molecule has 0 saturated heterocycles. The van der Waals surface area contributed by atoms with Gasteiger partial charge in [0.15, 0.2) is 5.96 Å². The minimum Gasteiger partial charge on any atom is -0.491 e. The van der Waals surface area contributed by atoms with Crippen LogP contribution in [0.2, 0.25) is 0 Å². The molecule has 0 amide bonds. The highest BCUT2D eigenvalue weighted by molar-refractivity contribution is 14.0. The summed E-state index contributed by atoms with van der Waals surface area (Å²) < 4.78 is 5.71. The first-order valence-electron chi connectivity index (χ1n) is 7.55. The second-order valence-electron chi connectivity index (χ2n) is 5.52. The van der Waals surface area contributed by atoms with Crippen LogP contribution in [-0.2, 0) is 6.54 Å². The number of hydrogen-bond acceptors (Lipinski definition) is 2. The van der Waals surface area contributed by atoms with Crippen LogP contribution in [0.5, 0.6) is 5.75 Å². The molecule has 0 spiro atoms. The van der Waals surface area contributed by atoms with Crippen molar-refractivity contribution in [1.82, 2.24) is 10.6 Å². The summed E-state index contributed by atoms with van der Waals surface area (Å²) >= 11 is 0. The van der Waals surface area contributed by atoms with Crippen LogP contribution in [0.3, 0.4) is 0 Å². The predicted octanol–water partition coefficient (Wildman–Crippen LogP) is 3.48. The highest BCUT2D eigenvalue weighted by Gasteiger charge is 2.11. The Balaban J connectivity index is 0.00000242. The van der Waals surface area contributed by atoms with Gasteiger partial charge >= 0.3 is 0 Å². The summed E-state index contributed by atoms with van der Waals surface area (Å²) in [7, 11) is 1.80. The highest BCUT2D eigenvalue weighted by Crippen LogP contribution is 2.15. The van der Waals surface area contributed by atoms with Gasteiger partial charge in [-0.3, -0.25) is 4.99 Å². The fourth-order valence-electron chi connectivity index (χ4n) is 2.31. The molecule has 0 radical (unpaired) electrons. The lowest BCUT2D eigenvalue weighted by Crippen LogP contribution is -2.42. The van der Waals surface area contributed by atoms with Crippen LogP contribution in [0.15, 0.2) is 41.4 Å². The molecule has 22 heavy (non-hydrogen) atoms. The number of ether oxygens (including phenoxy) is 1. The van der Waals surface area contributed by atoms with E-state index in [1.807, 2.05) is 26.0 Å². The average Bonchev–Trinajstić information content (AvgIpc) is 2.96. The van der Waals surface area contributed by atoms with Gasteiger partial charge in [-0.05, 0) is 44.4 Å². The molecule has 0 aliphatic heterocycles. The maximum absolute atomic E-state index is 5.71. The lowest BCUT2D eigenvalue weighted by Gasteiger charge is -2.17. The SMILES string of the molecule is CN=C(NCc1cccc(OC(C)C)c1)NC1CC=CC1.I. The lowest BCUT2D eigenvalue weighted by molar-refractivity contribution is 0.242. The van der Waals surface area contributed by atoms with Gasteiger partial charge in [-0.1, -0.05) is 24.3 Å². The third kappa shape index (κ3) is 6.25. The summed E-state index contributed by atoms with van der Waals surface area (Å²) in [5.74, 6) is 1.76. The molecule has 0 saturated carbocycles. The van der Waals surface area contributed by atoms with Gasteiger partial charge in [-0.25, -0.2) is 0 Å². The van der Waals surface area contributed by atoms with Gasteiger partial charge in [0.25, 0.3) is 0 Å². The third-order valence-electron chi connectivity index (χ3n) is 3.30. The molecule has 5 heteroatoms. The van der Waals surface area contributed by atoms with Gasteiger partial charge in [0.2, 0.25) is 0 Å². The van der Waals surface area contributed by atoms with E-state index in [0.717, 1.165) is 31.1 Å². The first kappa shape index (κ1) is 18.8. The number of nitrogens with zero attached hydrogens (tertiary/aromatic N) is 1. The fourth-order valence-corrected chi connectivity index (χ4v) is 2.31. The number of benzene rings is 1. The van der Waals surface area contributed by atoms with Crippen LogP contribution in [0.1, 0.15) is 32.3 Å². The van der Waals surface area contributed by atoms with Gasteiger partial charge in [0.1, 0.15) is 5.75 Å². The highest BCUT2D eigenvalue weighted by atomic mass is 127. The standard InChI is InChI=1S/C17H25N3O.HI/c1-13(2)21-16-10-6-7-14(11-16)12-19-17(18-3)20-15-8-4-5-9-15;/h4-7,10-11,13,15H,8-9,12H2,1-3H3,(H2,18,19,20);1H. The van der Waals surface area contributed by atoms with Crippen LogP contribution in [0.4, 0.5) is 0 Å². The molecule has 2 N–H and O–H groups in total. The van der Waals surface area contributed by atoms with Crippen molar-refractivity contribution in [2.45, 2.75) is 45.4 Å². The Morgan fingerprint density at radius 3 is 2.68 bits per heavy atom. The van der Waals surface area contributed by atoms with E-state index in [1.165, 1.54) is 5.56 Å². The summed E-state index contributed by atoms with van der Waals surface area (Å²) in [4.78, 5) is 4.27. The molecule has 0 unspecified atom stereocenters. The topological polar surface area (TPSA) is 45.7 Å². The van der Waals surface area contributed by atoms with E-state index in [4.69, 9.17) is 4.74 Å².